The number of pyridine rings is 1. The molecule has 86 valence electrons. The van der Waals surface area contributed by atoms with Gasteiger partial charge in [-0.25, -0.2) is 0 Å². The second-order valence-corrected chi connectivity index (χ2v) is 5.48. The second-order valence-electron chi connectivity index (χ2n) is 4.46. The molecule has 0 radical (unpaired) electrons. The van der Waals surface area contributed by atoms with Crippen molar-refractivity contribution in [3.63, 3.8) is 0 Å². The zero-order valence-electron chi connectivity index (χ0n) is 9.76. The van der Waals surface area contributed by atoms with Crippen LogP contribution in [0.5, 0.6) is 0 Å². The number of rotatable bonds is 0. The summed E-state index contributed by atoms with van der Waals surface area (Å²) in [6, 6.07) is 19.2. The summed E-state index contributed by atoms with van der Waals surface area (Å²) >= 11 is 1.88. The maximum atomic E-state index is 4.79. The fourth-order valence-electron chi connectivity index (χ4n) is 2.46. The van der Waals surface area contributed by atoms with Crippen LogP contribution in [-0.4, -0.2) is 4.98 Å². The highest BCUT2D eigenvalue weighted by Crippen LogP contribution is 2.41. The van der Waals surface area contributed by atoms with Gasteiger partial charge < -0.3 is 0 Å². The van der Waals surface area contributed by atoms with Crippen LogP contribution >= 0.6 is 11.8 Å². The van der Waals surface area contributed by atoms with Crippen molar-refractivity contribution in [3.05, 3.63) is 60.3 Å². The highest BCUT2D eigenvalue weighted by molar-refractivity contribution is 7.98. The molecule has 1 aliphatic heterocycles. The van der Waals surface area contributed by atoms with Crippen molar-refractivity contribution in [1.29, 1.82) is 0 Å². The number of benzene rings is 2. The van der Waals surface area contributed by atoms with Crippen LogP contribution < -0.4 is 0 Å². The summed E-state index contributed by atoms with van der Waals surface area (Å²) in [5.74, 6) is 0.969. The van der Waals surface area contributed by atoms with E-state index in [0.717, 1.165) is 11.3 Å². The molecule has 0 spiro atoms. The molecule has 4 rings (SSSR count). The van der Waals surface area contributed by atoms with Gasteiger partial charge in [-0.3, -0.25) is 4.98 Å². The summed E-state index contributed by atoms with van der Waals surface area (Å²) in [6.07, 6.45) is 0. The molecule has 1 aromatic heterocycles. The van der Waals surface area contributed by atoms with Crippen molar-refractivity contribution in [2.45, 2.75) is 10.6 Å². The molecule has 0 fully saturated rings. The monoisotopic (exact) mass is 249 g/mol. The molecule has 18 heavy (non-hydrogen) atoms. The first-order valence-electron chi connectivity index (χ1n) is 6.03. The molecule has 2 heteroatoms. The normalized spacial score (nSPS) is 13.1. The number of para-hydroxylation sites is 1. The van der Waals surface area contributed by atoms with Crippen molar-refractivity contribution in [2.75, 3.05) is 0 Å². The van der Waals surface area contributed by atoms with Gasteiger partial charge in [0.25, 0.3) is 0 Å². The first-order chi connectivity index (χ1) is 8.92. The van der Waals surface area contributed by atoms with E-state index in [0.29, 0.717) is 0 Å². The number of fused-ring (bicyclic) bond motifs is 4. The molecule has 0 saturated heterocycles. The van der Waals surface area contributed by atoms with Gasteiger partial charge >= 0.3 is 0 Å². The van der Waals surface area contributed by atoms with Crippen LogP contribution in [0.2, 0.25) is 0 Å². The van der Waals surface area contributed by atoms with Gasteiger partial charge in [0.15, 0.2) is 0 Å². The third kappa shape index (κ3) is 1.46. The van der Waals surface area contributed by atoms with Crippen molar-refractivity contribution in [1.82, 2.24) is 4.98 Å². The lowest BCUT2D eigenvalue weighted by Crippen LogP contribution is -1.99. The van der Waals surface area contributed by atoms with Gasteiger partial charge in [-0.15, -0.1) is 11.8 Å². The van der Waals surface area contributed by atoms with Crippen LogP contribution in [0.4, 0.5) is 0 Å². The summed E-state index contributed by atoms with van der Waals surface area (Å²) < 4.78 is 0. The fourth-order valence-corrected chi connectivity index (χ4v) is 3.48. The Morgan fingerprint density at radius 1 is 0.889 bits per heavy atom. The van der Waals surface area contributed by atoms with E-state index in [4.69, 9.17) is 4.98 Å². The van der Waals surface area contributed by atoms with Crippen LogP contribution in [0.1, 0.15) is 5.69 Å². The Balaban J connectivity index is 2.06. The topological polar surface area (TPSA) is 12.9 Å². The smallest absolute Gasteiger partial charge is 0.0706 e. The van der Waals surface area contributed by atoms with Crippen LogP contribution in [0, 0.1) is 0 Å². The van der Waals surface area contributed by atoms with Crippen LogP contribution in [0.15, 0.2) is 59.5 Å². The van der Waals surface area contributed by atoms with Gasteiger partial charge in [0.05, 0.1) is 11.2 Å². The lowest BCUT2D eigenvalue weighted by molar-refractivity contribution is 1.19. The Morgan fingerprint density at radius 2 is 1.72 bits per heavy atom. The Morgan fingerprint density at radius 3 is 2.72 bits per heavy atom. The summed E-state index contributed by atoms with van der Waals surface area (Å²) in [6.45, 7) is 0. The zero-order chi connectivity index (χ0) is 11.9. The highest BCUT2D eigenvalue weighted by atomic mass is 32.2. The van der Waals surface area contributed by atoms with Gasteiger partial charge in [0, 0.05) is 21.6 Å². The molecular weight excluding hydrogens is 238 g/mol. The predicted molar refractivity (Wildman–Crippen MR) is 76.7 cm³/mol. The molecule has 1 nitrogen and oxygen atoms in total. The predicted octanol–water partition coefficient (Wildman–Crippen LogP) is 4.51. The van der Waals surface area contributed by atoms with Crippen LogP contribution in [-0.2, 0) is 5.75 Å². The standard InChI is InChI=1S/C16H11NS/c1-3-7-14-11(5-1)9-13-12-6-2-4-8-16(12)18-10-15(13)17-14/h1-9H,10H2. The Bertz CT molecular complexity index is 749. The van der Waals surface area contributed by atoms with Crippen LogP contribution in [0.3, 0.4) is 0 Å². The molecule has 0 amide bonds. The number of aromatic nitrogens is 1. The molecule has 2 aromatic carbocycles. The van der Waals surface area contributed by atoms with Gasteiger partial charge in [-0.05, 0) is 23.8 Å². The Hall–Kier alpha value is -1.80. The minimum Gasteiger partial charge on any atom is -0.251 e. The van der Waals surface area contributed by atoms with E-state index in [1.165, 1.54) is 27.1 Å². The van der Waals surface area contributed by atoms with E-state index >= 15 is 0 Å². The minimum atomic E-state index is 0.969. The van der Waals surface area contributed by atoms with E-state index in [2.05, 4.69) is 48.5 Å². The van der Waals surface area contributed by atoms with E-state index < -0.39 is 0 Å². The quantitative estimate of drug-likeness (QED) is 0.581. The maximum Gasteiger partial charge on any atom is 0.0706 e. The molecule has 0 aliphatic carbocycles. The average Bonchev–Trinajstić information content (AvgIpc) is 2.45. The molecule has 0 saturated carbocycles. The molecule has 3 aromatic rings. The van der Waals surface area contributed by atoms with E-state index in [1.807, 2.05) is 17.8 Å². The van der Waals surface area contributed by atoms with Crippen LogP contribution in [0.25, 0.3) is 22.0 Å². The zero-order valence-corrected chi connectivity index (χ0v) is 10.6. The number of hydrogen-bond acceptors (Lipinski definition) is 2. The largest absolute Gasteiger partial charge is 0.251 e. The van der Waals surface area contributed by atoms with Gasteiger partial charge in [-0.1, -0.05) is 36.4 Å². The van der Waals surface area contributed by atoms with Gasteiger partial charge in [-0.2, -0.15) is 0 Å². The summed E-state index contributed by atoms with van der Waals surface area (Å²) in [5, 5.41) is 1.22. The summed E-state index contributed by atoms with van der Waals surface area (Å²) in [4.78, 5) is 6.16. The van der Waals surface area contributed by atoms with Crippen molar-refractivity contribution in [3.8, 4) is 11.1 Å². The number of hydrogen-bond donors (Lipinski definition) is 0. The lowest BCUT2D eigenvalue weighted by Gasteiger charge is -2.18. The molecule has 1 aliphatic rings. The minimum absolute atomic E-state index is 0.969. The van der Waals surface area contributed by atoms with E-state index in [-0.39, 0.29) is 0 Å². The molecule has 0 N–H and O–H groups in total. The van der Waals surface area contributed by atoms with Crippen molar-refractivity contribution < 1.29 is 0 Å². The van der Waals surface area contributed by atoms with Crippen molar-refractivity contribution >= 4 is 22.7 Å². The van der Waals surface area contributed by atoms with E-state index in [9.17, 15) is 0 Å². The van der Waals surface area contributed by atoms with E-state index in [1.54, 1.807) is 0 Å². The summed E-state index contributed by atoms with van der Waals surface area (Å²) in [7, 11) is 0. The highest BCUT2D eigenvalue weighted by Gasteiger charge is 2.17. The maximum absolute atomic E-state index is 4.79. The molecular formula is C16H11NS. The van der Waals surface area contributed by atoms with Gasteiger partial charge in [0.1, 0.15) is 0 Å². The Labute approximate surface area is 110 Å². The first-order valence-corrected chi connectivity index (χ1v) is 7.01. The number of nitrogens with zero attached hydrogens (tertiary/aromatic N) is 1. The molecule has 2 heterocycles. The Kier molecular flexibility index (Phi) is 2.17. The number of thioether (sulfide) groups is 1. The van der Waals surface area contributed by atoms with Gasteiger partial charge in [0.2, 0.25) is 0 Å². The fraction of sp³-hybridized carbons (Fsp3) is 0.0625. The lowest BCUT2D eigenvalue weighted by atomic mass is 10.0. The third-order valence-electron chi connectivity index (χ3n) is 3.34. The molecule has 0 bridgehead atoms. The first kappa shape index (κ1) is 10.2. The van der Waals surface area contributed by atoms with Crippen molar-refractivity contribution in [2.24, 2.45) is 0 Å². The average molecular weight is 249 g/mol. The third-order valence-corrected chi connectivity index (χ3v) is 4.43. The summed E-state index contributed by atoms with van der Waals surface area (Å²) in [5.41, 5.74) is 4.92. The second kappa shape index (κ2) is 3.85. The SMILES string of the molecule is c1ccc2c(c1)SCc1nc3ccccc3cc1-2. The molecule has 0 atom stereocenters. The molecule has 0 unspecified atom stereocenters.